The molecule has 2 aromatic carbocycles. The molecular weight excluding hydrogens is 440 g/mol. The highest BCUT2D eigenvalue weighted by molar-refractivity contribution is 7.98. The first-order valence-corrected chi connectivity index (χ1v) is 12.0. The Kier molecular flexibility index (Phi) is 8.77. The zero-order valence-corrected chi connectivity index (χ0v) is 19.2. The van der Waals surface area contributed by atoms with E-state index in [-0.39, 0.29) is 13.0 Å². The van der Waals surface area contributed by atoms with Gasteiger partial charge in [-0.2, -0.15) is 11.8 Å². The molecule has 174 valence electrons. The number of nitrogens with two attached hydrogens (primary N) is 1. The fourth-order valence-electron chi connectivity index (χ4n) is 3.43. The second-order valence-electron chi connectivity index (χ2n) is 7.57. The predicted molar refractivity (Wildman–Crippen MR) is 130 cm³/mol. The Labute approximate surface area is 196 Å². The van der Waals surface area contributed by atoms with Gasteiger partial charge >= 0.3 is 6.09 Å². The average molecular weight is 469 g/mol. The quantitative estimate of drug-likeness (QED) is 0.344. The van der Waals surface area contributed by atoms with Crippen LogP contribution in [-0.2, 0) is 27.4 Å². The lowest BCUT2D eigenvalue weighted by Crippen LogP contribution is -2.53. The van der Waals surface area contributed by atoms with Gasteiger partial charge in [0.15, 0.2) is 0 Å². The van der Waals surface area contributed by atoms with Crippen LogP contribution in [0.3, 0.4) is 0 Å². The van der Waals surface area contributed by atoms with Crippen molar-refractivity contribution >= 4 is 40.6 Å². The molecule has 5 N–H and O–H groups in total. The SMILES string of the molecule is CSCCC(NC(=O)OCc1ccccc1)C(=O)NC(Cc1c[nH]c2ccccc12)C(N)=O. The Morgan fingerprint density at radius 1 is 1.03 bits per heavy atom. The van der Waals surface area contributed by atoms with Gasteiger partial charge in [0.25, 0.3) is 0 Å². The highest BCUT2D eigenvalue weighted by atomic mass is 32.2. The Morgan fingerprint density at radius 2 is 1.76 bits per heavy atom. The van der Waals surface area contributed by atoms with E-state index in [9.17, 15) is 14.4 Å². The largest absolute Gasteiger partial charge is 0.445 e. The molecule has 1 heterocycles. The van der Waals surface area contributed by atoms with Crippen LogP contribution in [0.2, 0.25) is 0 Å². The summed E-state index contributed by atoms with van der Waals surface area (Å²) in [6, 6.07) is 15.2. The van der Waals surface area contributed by atoms with E-state index >= 15 is 0 Å². The lowest BCUT2D eigenvalue weighted by molar-refractivity contribution is -0.128. The Balaban J connectivity index is 1.63. The summed E-state index contributed by atoms with van der Waals surface area (Å²) in [5.41, 5.74) is 8.22. The number of benzene rings is 2. The van der Waals surface area contributed by atoms with Crippen LogP contribution in [0.15, 0.2) is 60.8 Å². The van der Waals surface area contributed by atoms with E-state index in [0.717, 1.165) is 22.0 Å². The molecule has 0 radical (unpaired) electrons. The normalized spacial score (nSPS) is 12.6. The number of alkyl carbamates (subject to hydrolysis) is 1. The zero-order valence-electron chi connectivity index (χ0n) is 18.4. The lowest BCUT2D eigenvalue weighted by Gasteiger charge is -2.21. The first-order valence-electron chi connectivity index (χ1n) is 10.6. The first-order chi connectivity index (χ1) is 16.0. The summed E-state index contributed by atoms with van der Waals surface area (Å²) < 4.78 is 5.24. The molecule has 0 saturated heterocycles. The third kappa shape index (κ3) is 7.01. The van der Waals surface area contributed by atoms with Crippen molar-refractivity contribution in [1.82, 2.24) is 15.6 Å². The molecule has 3 aromatic rings. The van der Waals surface area contributed by atoms with E-state index in [4.69, 9.17) is 10.5 Å². The molecule has 0 bridgehead atoms. The monoisotopic (exact) mass is 468 g/mol. The van der Waals surface area contributed by atoms with Crippen molar-refractivity contribution < 1.29 is 19.1 Å². The predicted octanol–water partition coefficient (Wildman–Crippen LogP) is 2.73. The van der Waals surface area contributed by atoms with E-state index in [2.05, 4.69) is 15.6 Å². The number of para-hydroxylation sites is 1. The van der Waals surface area contributed by atoms with Crippen molar-refractivity contribution in [2.45, 2.75) is 31.5 Å². The summed E-state index contributed by atoms with van der Waals surface area (Å²) in [5, 5.41) is 6.27. The molecule has 0 aliphatic heterocycles. The van der Waals surface area contributed by atoms with Crippen LogP contribution in [0.5, 0.6) is 0 Å². The maximum Gasteiger partial charge on any atom is 0.408 e. The van der Waals surface area contributed by atoms with Gasteiger partial charge < -0.3 is 26.1 Å². The van der Waals surface area contributed by atoms with Crippen LogP contribution >= 0.6 is 11.8 Å². The Hall–Kier alpha value is -3.46. The van der Waals surface area contributed by atoms with Crippen LogP contribution < -0.4 is 16.4 Å². The van der Waals surface area contributed by atoms with Crippen LogP contribution in [0.1, 0.15) is 17.5 Å². The van der Waals surface area contributed by atoms with Gasteiger partial charge in [0.2, 0.25) is 11.8 Å². The highest BCUT2D eigenvalue weighted by Crippen LogP contribution is 2.19. The van der Waals surface area contributed by atoms with Gasteiger partial charge in [-0.15, -0.1) is 0 Å². The van der Waals surface area contributed by atoms with Gasteiger partial charge in [0, 0.05) is 23.5 Å². The molecule has 2 atom stereocenters. The van der Waals surface area contributed by atoms with Gasteiger partial charge in [0.1, 0.15) is 18.7 Å². The number of fused-ring (bicyclic) bond motifs is 1. The summed E-state index contributed by atoms with van der Waals surface area (Å²) in [7, 11) is 0. The lowest BCUT2D eigenvalue weighted by atomic mass is 10.0. The summed E-state index contributed by atoms with van der Waals surface area (Å²) in [5.74, 6) is -0.492. The van der Waals surface area contributed by atoms with Gasteiger partial charge in [-0.1, -0.05) is 48.5 Å². The van der Waals surface area contributed by atoms with E-state index < -0.39 is 30.0 Å². The van der Waals surface area contributed by atoms with Crippen molar-refractivity contribution in [3.63, 3.8) is 0 Å². The number of ether oxygens (including phenoxy) is 1. The minimum Gasteiger partial charge on any atom is -0.445 e. The number of H-pyrrole nitrogens is 1. The standard InChI is InChI=1S/C24H28N4O4S/c1-33-12-11-20(28-24(31)32-15-16-7-3-2-4-8-16)23(30)27-21(22(25)29)13-17-14-26-19-10-6-5-9-18(17)19/h2-10,14,20-21,26H,11-13,15H2,1H3,(H2,25,29)(H,27,30)(H,28,31). The Morgan fingerprint density at radius 3 is 2.48 bits per heavy atom. The molecule has 33 heavy (non-hydrogen) atoms. The van der Waals surface area contributed by atoms with Crippen LogP contribution in [0.4, 0.5) is 4.79 Å². The number of carbonyl (C=O) groups excluding carboxylic acids is 3. The molecule has 0 fully saturated rings. The summed E-state index contributed by atoms with van der Waals surface area (Å²) >= 11 is 1.55. The van der Waals surface area contributed by atoms with Crippen molar-refractivity contribution in [2.75, 3.05) is 12.0 Å². The van der Waals surface area contributed by atoms with E-state index in [0.29, 0.717) is 12.2 Å². The van der Waals surface area contributed by atoms with E-state index in [1.165, 1.54) is 0 Å². The average Bonchev–Trinajstić information content (AvgIpc) is 3.23. The van der Waals surface area contributed by atoms with Gasteiger partial charge in [-0.3, -0.25) is 9.59 Å². The molecule has 0 aliphatic carbocycles. The smallest absolute Gasteiger partial charge is 0.408 e. The topological polar surface area (TPSA) is 126 Å². The van der Waals surface area contributed by atoms with Crippen molar-refractivity contribution in [3.05, 3.63) is 71.9 Å². The third-order valence-electron chi connectivity index (χ3n) is 5.19. The molecule has 3 amide bonds. The number of thioether (sulfide) groups is 1. The number of carbonyl (C=O) groups is 3. The number of primary amides is 1. The molecule has 8 nitrogen and oxygen atoms in total. The van der Waals surface area contributed by atoms with Crippen molar-refractivity contribution in [3.8, 4) is 0 Å². The fourth-order valence-corrected chi connectivity index (χ4v) is 3.90. The second-order valence-corrected chi connectivity index (χ2v) is 8.55. The number of hydrogen-bond acceptors (Lipinski definition) is 5. The number of amides is 3. The first kappa shape index (κ1) is 24.2. The molecule has 2 unspecified atom stereocenters. The second kappa shape index (κ2) is 12.0. The van der Waals surface area contributed by atoms with Crippen molar-refractivity contribution in [2.24, 2.45) is 5.73 Å². The highest BCUT2D eigenvalue weighted by Gasteiger charge is 2.26. The van der Waals surface area contributed by atoms with E-state index in [1.54, 1.807) is 18.0 Å². The molecular formula is C24H28N4O4S. The summed E-state index contributed by atoms with van der Waals surface area (Å²) in [4.78, 5) is 40.5. The Bertz CT molecular complexity index is 1090. The van der Waals surface area contributed by atoms with Gasteiger partial charge in [-0.05, 0) is 35.6 Å². The number of nitrogens with one attached hydrogen (secondary N) is 3. The fraction of sp³-hybridized carbons (Fsp3) is 0.292. The summed E-state index contributed by atoms with van der Waals surface area (Å²) in [6.07, 6.45) is 3.63. The third-order valence-corrected chi connectivity index (χ3v) is 5.83. The van der Waals surface area contributed by atoms with Crippen LogP contribution in [0, 0.1) is 0 Å². The number of rotatable bonds is 11. The maximum atomic E-state index is 13.0. The number of aromatic amines is 1. The molecule has 3 rings (SSSR count). The number of aromatic nitrogens is 1. The molecule has 0 spiro atoms. The molecule has 0 aliphatic rings. The van der Waals surface area contributed by atoms with Crippen LogP contribution in [-0.4, -0.2) is 47.0 Å². The maximum absolute atomic E-state index is 13.0. The van der Waals surface area contributed by atoms with Crippen molar-refractivity contribution in [1.29, 1.82) is 0 Å². The number of hydrogen-bond donors (Lipinski definition) is 4. The molecule has 0 saturated carbocycles. The summed E-state index contributed by atoms with van der Waals surface area (Å²) in [6.45, 7) is 0.0913. The van der Waals surface area contributed by atoms with E-state index in [1.807, 2.05) is 60.9 Å². The zero-order chi connectivity index (χ0) is 23.6. The molecule has 9 heteroatoms. The van der Waals surface area contributed by atoms with Crippen LogP contribution in [0.25, 0.3) is 10.9 Å². The minimum absolute atomic E-state index is 0.0913. The van der Waals surface area contributed by atoms with Gasteiger partial charge in [-0.25, -0.2) is 4.79 Å². The molecule has 1 aromatic heterocycles. The minimum atomic E-state index is -0.921. The van der Waals surface area contributed by atoms with Gasteiger partial charge in [0.05, 0.1) is 0 Å².